The van der Waals surface area contributed by atoms with Crippen molar-refractivity contribution >= 4 is 18.1 Å². The molecule has 0 bridgehead atoms. The fraction of sp³-hybridized carbons (Fsp3) is 0.400. The fourth-order valence-corrected chi connectivity index (χ4v) is 3.41. The predicted molar refractivity (Wildman–Crippen MR) is 128 cm³/mol. The lowest BCUT2D eigenvalue weighted by Crippen LogP contribution is -2.43. The molecule has 0 saturated heterocycles. The Labute approximate surface area is 195 Å². The van der Waals surface area contributed by atoms with Gasteiger partial charge in [-0.05, 0) is 48.9 Å². The van der Waals surface area contributed by atoms with E-state index in [1.54, 1.807) is 39.5 Å². The summed E-state index contributed by atoms with van der Waals surface area (Å²) in [6, 6.07) is 12.5. The van der Waals surface area contributed by atoms with Crippen LogP contribution >= 0.6 is 0 Å². The van der Waals surface area contributed by atoms with E-state index < -0.39 is 12.0 Å². The van der Waals surface area contributed by atoms with Crippen LogP contribution in [0.25, 0.3) is 0 Å². The third kappa shape index (κ3) is 8.48. The maximum Gasteiger partial charge on any atom is 0.328 e. The monoisotopic (exact) mass is 455 g/mol. The van der Waals surface area contributed by atoms with Crippen molar-refractivity contribution in [3.63, 3.8) is 0 Å². The summed E-state index contributed by atoms with van der Waals surface area (Å²) in [7, 11) is 3.12. The highest BCUT2D eigenvalue weighted by Crippen LogP contribution is 2.26. The Hall–Kier alpha value is -3.55. The number of hydrogen-bond donors (Lipinski definition) is 2. The van der Waals surface area contributed by atoms with E-state index in [0.29, 0.717) is 24.3 Å². The number of aryl methyl sites for hydroxylation is 1. The van der Waals surface area contributed by atoms with Crippen LogP contribution in [0.5, 0.6) is 11.5 Å². The Kier molecular flexibility index (Phi) is 10.7. The van der Waals surface area contributed by atoms with Gasteiger partial charge in [-0.2, -0.15) is 5.10 Å². The lowest BCUT2D eigenvalue weighted by atomic mass is 10.0. The highest BCUT2D eigenvalue weighted by molar-refractivity contribution is 5.84. The Morgan fingerprint density at radius 1 is 1.09 bits per heavy atom. The molecule has 0 aliphatic rings. The summed E-state index contributed by atoms with van der Waals surface area (Å²) in [5.41, 5.74) is 2.90. The van der Waals surface area contributed by atoms with E-state index in [4.69, 9.17) is 20.1 Å². The summed E-state index contributed by atoms with van der Waals surface area (Å²) < 4.78 is 15.8. The number of benzene rings is 2. The molecule has 0 aliphatic carbocycles. The van der Waals surface area contributed by atoms with Gasteiger partial charge in [-0.25, -0.2) is 4.79 Å². The van der Waals surface area contributed by atoms with Crippen molar-refractivity contribution in [1.29, 1.82) is 0 Å². The van der Waals surface area contributed by atoms with Crippen LogP contribution in [-0.2, 0) is 27.2 Å². The molecule has 1 amide bonds. The smallest absolute Gasteiger partial charge is 0.328 e. The normalized spacial score (nSPS) is 11.7. The largest absolute Gasteiger partial charge is 0.497 e. The maximum atomic E-state index is 12.5. The van der Waals surface area contributed by atoms with Crippen LogP contribution in [-0.4, -0.2) is 45.0 Å². The van der Waals surface area contributed by atoms with Crippen LogP contribution < -0.4 is 20.6 Å². The minimum atomic E-state index is -0.795. The molecule has 8 nitrogen and oxygen atoms in total. The van der Waals surface area contributed by atoms with E-state index in [9.17, 15) is 9.59 Å². The number of methoxy groups -OCH3 is 2. The van der Waals surface area contributed by atoms with Crippen LogP contribution in [0.4, 0.5) is 0 Å². The highest BCUT2D eigenvalue weighted by atomic mass is 16.5. The van der Waals surface area contributed by atoms with Crippen molar-refractivity contribution in [2.75, 3.05) is 20.8 Å². The molecule has 2 aromatic carbocycles. The van der Waals surface area contributed by atoms with Crippen LogP contribution in [0.1, 0.15) is 42.9 Å². The molecule has 0 spiro atoms. The average Bonchev–Trinajstić information content (AvgIpc) is 2.83. The molecule has 8 heteroatoms. The number of hydrogen-bond acceptors (Lipinski definition) is 7. The van der Waals surface area contributed by atoms with Crippen molar-refractivity contribution in [3.05, 3.63) is 59.2 Å². The van der Waals surface area contributed by atoms with Gasteiger partial charge in [-0.1, -0.05) is 30.3 Å². The minimum absolute atomic E-state index is 0.185. The third-order valence-corrected chi connectivity index (χ3v) is 5.15. The summed E-state index contributed by atoms with van der Waals surface area (Å²) >= 11 is 0. The molecule has 0 saturated carbocycles. The second kappa shape index (κ2) is 13.8. The Morgan fingerprint density at radius 2 is 1.85 bits per heavy atom. The molecule has 178 valence electrons. The van der Waals surface area contributed by atoms with E-state index in [-0.39, 0.29) is 18.9 Å². The van der Waals surface area contributed by atoms with Crippen molar-refractivity contribution < 1.29 is 23.8 Å². The summed E-state index contributed by atoms with van der Waals surface area (Å²) in [4.78, 5) is 25.0. The lowest BCUT2D eigenvalue weighted by molar-refractivity contribution is -0.147. The van der Waals surface area contributed by atoms with Crippen molar-refractivity contribution in [2.45, 2.75) is 45.1 Å². The number of carbonyl (C=O) groups excluding carboxylic acids is 2. The van der Waals surface area contributed by atoms with Crippen molar-refractivity contribution in [3.8, 4) is 11.5 Å². The van der Waals surface area contributed by atoms with Gasteiger partial charge in [0.05, 0.1) is 27.0 Å². The van der Waals surface area contributed by atoms with Gasteiger partial charge in [-0.15, -0.1) is 0 Å². The van der Waals surface area contributed by atoms with Gasteiger partial charge >= 0.3 is 5.97 Å². The third-order valence-electron chi connectivity index (χ3n) is 5.15. The zero-order valence-electron chi connectivity index (χ0n) is 19.5. The Balaban J connectivity index is 1.91. The van der Waals surface area contributed by atoms with Crippen LogP contribution in [0, 0.1) is 0 Å². The quantitative estimate of drug-likeness (QED) is 0.158. The van der Waals surface area contributed by atoms with Crippen molar-refractivity contribution in [2.24, 2.45) is 10.9 Å². The number of unbranched alkanes of at least 4 members (excludes halogenated alkanes) is 1. The van der Waals surface area contributed by atoms with Gasteiger partial charge in [0.25, 0.3) is 0 Å². The summed E-state index contributed by atoms with van der Waals surface area (Å²) in [5.74, 6) is 5.74. The number of carbonyl (C=O) groups is 2. The number of rotatable bonds is 13. The molecule has 0 aliphatic heterocycles. The molecule has 1 atom stereocenters. The minimum Gasteiger partial charge on any atom is -0.497 e. The zero-order valence-corrected chi connectivity index (χ0v) is 19.5. The summed E-state index contributed by atoms with van der Waals surface area (Å²) in [6.07, 6.45) is 4.60. The van der Waals surface area contributed by atoms with Crippen LogP contribution in [0.15, 0.2) is 47.6 Å². The van der Waals surface area contributed by atoms with Gasteiger partial charge in [0.1, 0.15) is 17.5 Å². The number of nitrogens with two attached hydrogens (primary N) is 1. The predicted octanol–water partition coefficient (Wildman–Crippen LogP) is 3.00. The molecule has 3 N–H and O–H groups in total. The molecular weight excluding hydrogens is 422 g/mol. The van der Waals surface area contributed by atoms with E-state index in [1.807, 2.05) is 30.3 Å². The summed E-state index contributed by atoms with van der Waals surface area (Å²) in [5, 5.41) is 6.33. The molecule has 0 fully saturated rings. The average molecular weight is 456 g/mol. The van der Waals surface area contributed by atoms with Gasteiger partial charge < -0.3 is 25.4 Å². The van der Waals surface area contributed by atoms with Gasteiger partial charge in [0.15, 0.2) is 0 Å². The van der Waals surface area contributed by atoms with Crippen LogP contribution in [0.2, 0.25) is 0 Å². The fourth-order valence-electron chi connectivity index (χ4n) is 3.41. The standard InChI is InChI=1S/C25H33N3O5/c1-4-33-25(30)22(15-20-13-14-21(31-2)16-23(20)32-3)28-24(29)8-6-5-7-18-9-11-19(12-10-18)17-27-26/h9-14,16-17,22H,4-8,15,26H2,1-3H3,(H,28,29). The molecule has 2 rings (SSSR count). The van der Waals surface area contributed by atoms with Crippen molar-refractivity contribution in [1.82, 2.24) is 5.32 Å². The van der Waals surface area contributed by atoms with Gasteiger partial charge in [0.2, 0.25) is 5.91 Å². The molecule has 0 heterocycles. The Bertz CT molecular complexity index is 928. The second-order valence-corrected chi connectivity index (χ2v) is 7.48. The molecule has 0 aromatic heterocycles. The highest BCUT2D eigenvalue weighted by Gasteiger charge is 2.24. The SMILES string of the molecule is CCOC(=O)C(Cc1ccc(OC)cc1OC)NC(=O)CCCCc1ccc(C=NN)cc1. The first-order valence-corrected chi connectivity index (χ1v) is 11.0. The molecular formula is C25H33N3O5. The summed E-state index contributed by atoms with van der Waals surface area (Å²) in [6.45, 7) is 1.97. The lowest BCUT2D eigenvalue weighted by Gasteiger charge is -2.19. The number of nitrogens with one attached hydrogen (secondary N) is 1. The van der Waals surface area contributed by atoms with E-state index in [0.717, 1.165) is 24.0 Å². The van der Waals surface area contributed by atoms with Gasteiger partial charge in [0, 0.05) is 18.9 Å². The molecule has 33 heavy (non-hydrogen) atoms. The molecule has 2 aromatic rings. The zero-order chi connectivity index (χ0) is 24.1. The number of nitrogens with zero attached hydrogens (tertiary/aromatic N) is 1. The van der Waals surface area contributed by atoms with Gasteiger partial charge in [-0.3, -0.25) is 4.79 Å². The molecule has 1 unspecified atom stereocenters. The maximum absolute atomic E-state index is 12.5. The first kappa shape index (κ1) is 25.7. The first-order valence-electron chi connectivity index (χ1n) is 11.0. The molecule has 0 radical (unpaired) electrons. The van der Waals surface area contributed by atoms with E-state index in [1.165, 1.54) is 5.56 Å². The first-order chi connectivity index (χ1) is 16.0. The van der Waals surface area contributed by atoms with E-state index in [2.05, 4.69) is 10.4 Å². The Morgan fingerprint density at radius 3 is 2.48 bits per heavy atom. The number of ether oxygens (including phenoxy) is 3. The number of esters is 1. The number of amides is 1. The second-order valence-electron chi connectivity index (χ2n) is 7.48. The van der Waals surface area contributed by atoms with E-state index >= 15 is 0 Å². The number of hydrazone groups is 1. The topological polar surface area (TPSA) is 112 Å². The van der Waals surface area contributed by atoms with Crippen LogP contribution in [0.3, 0.4) is 0 Å².